The summed E-state index contributed by atoms with van der Waals surface area (Å²) in [4.78, 5) is 14.6. The van der Waals surface area contributed by atoms with Crippen molar-refractivity contribution < 1.29 is 4.79 Å². The molecule has 1 amide bonds. The number of carbonyl (C=O) groups excluding carboxylic acids is 1. The minimum Gasteiger partial charge on any atom is -0.322 e. The van der Waals surface area contributed by atoms with Gasteiger partial charge >= 0.3 is 0 Å². The van der Waals surface area contributed by atoms with Crippen LogP contribution >= 0.6 is 11.3 Å². The Morgan fingerprint density at radius 3 is 1.58 bits per heavy atom. The predicted molar refractivity (Wildman–Crippen MR) is 294 cm³/mol. The number of anilines is 4. The molecule has 0 aliphatic heterocycles. The summed E-state index contributed by atoms with van der Waals surface area (Å²) in [7, 11) is 0. The van der Waals surface area contributed by atoms with Crippen molar-refractivity contribution in [2.24, 2.45) is 0 Å². The first-order chi connectivity index (χ1) is 33.9. The molecule has 1 N–H and O–H groups in total. The van der Waals surface area contributed by atoms with E-state index < -0.39 is 0 Å². The van der Waals surface area contributed by atoms with Gasteiger partial charge in [0.2, 0.25) is 0 Å². The van der Waals surface area contributed by atoms with Crippen molar-refractivity contribution in [2.75, 3.05) is 10.2 Å². The van der Waals surface area contributed by atoms with Crippen molar-refractivity contribution in [3.8, 4) is 50.2 Å². The highest BCUT2D eigenvalue weighted by Crippen LogP contribution is 2.42. The highest BCUT2D eigenvalue weighted by Gasteiger charge is 2.17. The number of carbonyl (C=O) groups is 1. The number of fused-ring (bicyclic) bond motifs is 6. The van der Waals surface area contributed by atoms with Crippen LogP contribution in [0.4, 0.5) is 22.7 Å². The van der Waals surface area contributed by atoms with Crippen LogP contribution in [0.15, 0.2) is 249 Å². The van der Waals surface area contributed by atoms with E-state index in [9.17, 15) is 4.79 Å². The molecule has 10 aromatic carbocycles. The minimum absolute atomic E-state index is 0.183. The zero-order valence-electron chi connectivity index (χ0n) is 37.9. The van der Waals surface area contributed by atoms with Gasteiger partial charge in [-0.2, -0.15) is 0 Å². The van der Waals surface area contributed by atoms with E-state index in [1.54, 1.807) is 6.92 Å². The highest BCUT2D eigenvalue weighted by atomic mass is 32.1. The lowest BCUT2D eigenvalue weighted by atomic mass is 9.98. The summed E-state index contributed by atoms with van der Waals surface area (Å²) in [5.74, 6) is -0.183. The first-order valence-electron chi connectivity index (χ1n) is 23.2. The largest absolute Gasteiger partial charge is 0.322 e. The van der Waals surface area contributed by atoms with E-state index in [2.05, 4.69) is 234 Å². The molecule has 0 radical (unpaired) electrons. The molecule has 0 bridgehead atoms. The molecule has 2 aromatic heterocycles. The third kappa shape index (κ3) is 7.75. The summed E-state index contributed by atoms with van der Waals surface area (Å²) in [6.07, 6.45) is 0. The van der Waals surface area contributed by atoms with Gasteiger partial charge in [-0.3, -0.25) is 4.79 Å². The van der Waals surface area contributed by atoms with Crippen molar-refractivity contribution in [3.63, 3.8) is 0 Å². The molecule has 2 heterocycles. The number of hydrogen-bond acceptors (Lipinski definition) is 3. The van der Waals surface area contributed by atoms with Gasteiger partial charge in [0.25, 0.3) is 5.91 Å². The summed E-state index contributed by atoms with van der Waals surface area (Å²) < 4.78 is 4.92. The molecular weight excluding hydrogens is 859 g/mol. The third-order valence-corrected chi connectivity index (χ3v) is 14.4. The van der Waals surface area contributed by atoms with E-state index in [1.165, 1.54) is 53.2 Å². The maximum Gasteiger partial charge on any atom is 0.250 e. The van der Waals surface area contributed by atoms with E-state index in [0.29, 0.717) is 5.57 Å². The van der Waals surface area contributed by atoms with Gasteiger partial charge in [-0.1, -0.05) is 158 Å². The van der Waals surface area contributed by atoms with Gasteiger partial charge in [-0.15, -0.1) is 11.3 Å². The topological polar surface area (TPSA) is 37.3 Å². The van der Waals surface area contributed by atoms with Gasteiger partial charge in [-0.05, 0) is 136 Å². The average molecular weight is 904 g/mol. The number of thiophene rings is 1. The lowest BCUT2D eigenvalue weighted by molar-refractivity contribution is -0.112. The fraction of sp³-hybridized carbons (Fsp3) is 0.0156. The summed E-state index contributed by atoms with van der Waals surface area (Å²) in [6, 6.07) is 84.9. The van der Waals surface area contributed by atoms with Crippen LogP contribution in [0.25, 0.3) is 92.2 Å². The quantitative estimate of drug-likeness (QED) is 0.139. The van der Waals surface area contributed by atoms with Crippen LogP contribution in [0, 0.1) is 0 Å². The smallest absolute Gasteiger partial charge is 0.250 e. The molecule has 69 heavy (non-hydrogen) atoms. The van der Waals surface area contributed by atoms with E-state index in [0.717, 1.165) is 61.7 Å². The average Bonchev–Trinajstić information content (AvgIpc) is 3.96. The molecule has 328 valence electrons. The van der Waals surface area contributed by atoms with Crippen molar-refractivity contribution in [3.05, 3.63) is 249 Å². The molecular formula is C64H45N3OS. The fourth-order valence-corrected chi connectivity index (χ4v) is 10.9. The van der Waals surface area contributed by atoms with Crippen molar-refractivity contribution in [1.82, 2.24) is 4.57 Å². The monoisotopic (exact) mass is 903 g/mol. The Labute approximate surface area is 405 Å². The molecule has 0 unspecified atom stereocenters. The highest BCUT2D eigenvalue weighted by molar-refractivity contribution is 7.26. The van der Waals surface area contributed by atoms with Crippen LogP contribution in [-0.2, 0) is 4.79 Å². The second kappa shape index (κ2) is 17.5. The Bertz CT molecular complexity index is 3870. The summed E-state index contributed by atoms with van der Waals surface area (Å²) in [5.41, 5.74) is 17.2. The number of nitrogens with one attached hydrogen (secondary N) is 1. The Hall–Kier alpha value is -8.77. The Balaban J connectivity index is 0.843. The number of nitrogens with zero attached hydrogens (tertiary/aromatic N) is 2. The maximum absolute atomic E-state index is 12.2. The zero-order chi connectivity index (χ0) is 46.4. The molecule has 0 aliphatic rings. The van der Waals surface area contributed by atoms with Gasteiger partial charge in [0, 0.05) is 65.0 Å². The Kier molecular flexibility index (Phi) is 10.5. The van der Waals surface area contributed by atoms with Crippen molar-refractivity contribution >= 4 is 82.0 Å². The number of amides is 1. The summed E-state index contributed by atoms with van der Waals surface area (Å²) in [6.45, 7) is 5.47. The second-order valence-electron chi connectivity index (χ2n) is 17.6. The van der Waals surface area contributed by atoms with Crippen molar-refractivity contribution in [2.45, 2.75) is 6.92 Å². The van der Waals surface area contributed by atoms with Gasteiger partial charge in [0.1, 0.15) is 0 Å². The molecule has 0 atom stereocenters. The lowest BCUT2D eigenvalue weighted by Gasteiger charge is -2.26. The van der Waals surface area contributed by atoms with E-state index in [-0.39, 0.29) is 5.91 Å². The van der Waals surface area contributed by atoms with Crippen LogP contribution in [0.1, 0.15) is 6.92 Å². The normalized spacial score (nSPS) is 11.4. The molecule has 0 saturated carbocycles. The van der Waals surface area contributed by atoms with Crippen LogP contribution < -0.4 is 10.2 Å². The number of rotatable bonds is 10. The fourth-order valence-electron chi connectivity index (χ4n) is 9.67. The minimum atomic E-state index is -0.183. The Morgan fingerprint density at radius 1 is 0.449 bits per heavy atom. The maximum atomic E-state index is 12.2. The molecule has 0 fully saturated rings. The van der Waals surface area contributed by atoms with Gasteiger partial charge < -0.3 is 14.8 Å². The number of para-hydroxylation sites is 1. The predicted octanol–water partition coefficient (Wildman–Crippen LogP) is 17.8. The Morgan fingerprint density at radius 2 is 0.942 bits per heavy atom. The number of benzene rings is 10. The van der Waals surface area contributed by atoms with E-state index >= 15 is 0 Å². The number of hydrogen-bond donors (Lipinski definition) is 1. The molecule has 5 heteroatoms. The van der Waals surface area contributed by atoms with Gasteiger partial charge in [0.05, 0.1) is 11.0 Å². The second-order valence-corrected chi connectivity index (χ2v) is 18.6. The first kappa shape index (κ1) is 41.6. The molecule has 0 aliphatic carbocycles. The van der Waals surface area contributed by atoms with Crippen molar-refractivity contribution in [1.29, 1.82) is 0 Å². The molecule has 0 spiro atoms. The van der Waals surface area contributed by atoms with E-state index in [1.807, 2.05) is 35.6 Å². The van der Waals surface area contributed by atoms with Gasteiger partial charge in [-0.25, -0.2) is 0 Å². The SMILES string of the molecule is C=C(C)C(=O)Nc1ccc(-n2c3ccccc3c3cc(-c4ccc(-c5ccc(N(c6ccc(-c7ccccc7)cc6)c6ccc(-c7cccc8c7sc7ccccc78)cc6)cc5)cc4)ccc32)cc1. The van der Waals surface area contributed by atoms with Crippen LogP contribution in [0.3, 0.4) is 0 Å². The van der Waals surface area contributed by atoms with Crippen LogP contribution in [0.5, 0.6) is 0 Å². The number of aromatic nitrogens is 1. The molecule has 12 rings (SSSR count). The first-order valence-corrected chi connectivity index (χ1v) is 24.0. The van der Waals surface area contributed by atoms with Crippen LogP contribution in [-0.4, -0.2) is 10.5 Å². The summed E-state index contributed by atoms with van der Waals surface area (Å²) in [5, 5.41) is 7.91. The lowest BCUT2D eigenvalue weighted by Crippen LogP contribution is -2.11. The molecule has 4 nitrogen and oxygen atoms in total. The van der Waals surface area contributed by atoms with Gasteiger partial charge in [0.15, 0.2) is 0 Å². The molecule has 0 saturated heterocycles. The standard InChI is InChI=1S/C64H45N3OS/c1-42(2)64(68)65-50-30-38-54(39-31-50)67-60-17-8-6-13-56(60)59-41-49(29-40-61(59)67)47-21-19-44(20-22-47)46-25-34-52(35-26-46)66(51-32-23-45(24-33-51)43-11-4-3-5-12-43)53-36-27-48(28-37-53)55-15-10-16-58-57-14-7-9-18-62(57)69-63(55)58/h3-41H,1H2,2H3,(H,65,68). The third-order valence-electron chi connectivity index (χ3n) is 13.2. The zero-order valence-corrected chi connectivity index (χ0v) is 38.8. The van der Waals surface area contributed by atoms with Crippen LogP contribution in [0.2, 0.25) is 0 Å². The summed E-state index contributed by atoms with van der Waals surface area (Å²) >= 11 is 1.87. The van der Waals surface area contributed by atoms with E-state index in [4.69, 9.17) is 0 Å². The molecule has 12 aromatic rings.